The van der Waals surface area contributed by atoms with Gasteiger partial charge in [-0.2, -0.15) is 0 Å². The van der Waals surface area contributed by atoms with Gasteiger partial charge >= 0.3 is 0 Å². The first-order chi connectivity index (χ1) is 11.3. The number of nitrogens with zero attached hydrogens (tertiary/aromatic N) is 1. The van der Waals surface area contributed by atoms with E-state index in [-0.39, 0.29) is 23.5 Å². The van der Waals surface area contributed by atoms with Crippen molar-refractivity contribution in [3.05, 3.63) is 21.9 Å². The molecule has 1 atom stereocenters. The Labute approximate surface area is 146 Å². The fraction of sp³-hybridized carbons (Fsp3) is 0.733. The second-order valence-electron chi connectivity index (χ2n) is 6.84. The normalized spacial score (nSPS) is 29.6. The molecular formula is C15H21NO5S3. The summed E-state index contributed by atoms with van der Waals surface area (Å²) in [6.07, 6.45) is 2.42. The van der Waals surface area contributed by atoms with Crippen molar-refractivity contribution in [2.75, 3.05) is 31.2 Å². The molecule has 0 amide bonds. The molecule has 2 saturated heterocycles. The number of hydrogen-bond acceptors (Lipinski definition) is 6. The highest BCUT2D eigenvalue weighted by Crippen LogP contribution is 2.44. The molecule has 9 heteroatoms. The fourth-order valence-electron chi connectivity index (χ4n) is 4.03. The van der Waals surface area contributed by atoms with E-state index >= 15 is 0 Å². The van der Waals surface area contributed by atoms with E-state index in [1.165, 1.54) is 14.7 Å². The lowest BCUT2D eigenvalue weighted by atomic mass is 9.86. The Hall–Kier alpha value is -0.480. The van der Waals surface area contributed by atoms with Gasteiger partial charge in [0, 0.05) is 18.0 Å². The molecule has 4 rings (SSSR count). The summed E-state index contributed by atoms with van der Waals surface area (Å²) in [7, 11) is -6.76. The van der Waals surface area contributed by atoms with Gasteiger partial charge in [0.2, 0.25) is 10.0 Å². The number of fused-ring (bicyclic) bond motifs is 2. The topological polar surface area (TPSA) is 80.8 Å². The van der Waals surface area contributed by atoms with E-state index in [1.807, 2.05) is 0 Å². The predicted molar refractivity (Wildman–Crippen MR) is 92.4 cm³/mol. The van der Waals surface area contributed by atoms with Crippen LogP contribution in [0.2, 0.25) is 0 Å². The van der Waals surface area contributed by atoms with E-state index in [9.17, 15) is 16.8 Å². The number of hydrogen-bond donors (Lipinski definition) is 0. The van der Waals surface area contributed by atoms with Gasteiger partial charge in [-0.3, -0.25) is 0 Å². The van der Waals surface area contributed by atoms with Crippen molar-refractivity contribution in [1.82, 2.24) is 4.31 Å². The van der Waals surface area contributed by atoms with Gasteiger partial charge in [0.15, 0.2) is 9.84 Å². The van der Waals surface area contributed by atoms with E-state index in [4.69, 9.17) is 4.74 Å². The lowest BCUT2D eigenvalue weighted by Crippen LogP contribution is -2.50. The highest BCUT2D eigenvalue weighted by atomic mass is 32.2. The van der Waals surface area contributed by atoms with Crippen molar-refractivity contribution < 1.29 is 21.6 Å². The van der Waals surface area contributed by atoms with E-state index in [1.54, 1.807) is 11.3 Å². The molecule has 134 valence electrons. The van der Waals surface area contributed by atoms with Crippen LogP contribution in [0.25, 0.3) is 0 Å². The van der Waals surface area contributed by atoms with Gasteiger partial charge in [-0.05, 0) is 42.7 Å². The smallest absolute Gasteiger partial charge is 0.218 e. The van der Waals surface area contributed by atoms with Crippen molar-refractivity contribution >= 4 is 31.2 Å². The SMILES string of the molecule is O=S1(=O)CCC(S(=O)(=O)N2CCC3(CC2)OCCc2ccsc23)C1. The van der Waals surface area contributed by atoms with E-state index in [0.29, 0.717) is 32.5 Å². The summed E-state index contributed by atoms with van der Waals surface area (Å²) in [6.45, 7) is 1.48. The number of rotatable bonds is 2. The van der Waals surface area contributed by atoms with Gasteiger partial charge in [0.25, 0.3) is 0 Å². The molecule has 1 spiro atoms. The number of ether oxygens (including phenoxy) is 1. The maximum Gasteiger partial charge on any atom is 0.218 e. The Morgan fingerprint density at radius 1 is 1.29 bits per heavy atom. The standard InChI is InChI=1S/C15H21NO5S3/c17-23(18)10-3-13(11-23)24(19,20)16-6-4-15(5-7-16)14-12(1-8-21-15)2-9-22-14/h2,9,13H,1,3-8,10-11H2. The highest BCUT2D eigenvalue weighted by molar-refractivity contribution is 7.95. The lowest BCUT2D eigenvalue weighted by Gasteiger charge is -2.43. The number of sulfonamides is 1. The zero-order valence-corrected chi connectivity index (χ0v) is 15.8. The molecule has 24 heavy (non-hydrogen) atoms. The molecule has 0 radical (unpaired) electrons. The first-order valence-electron chi connectivity index (χ1n) is 8.23. The maximum atomic E-state index is 12.8. The minimum absolute atomic E-state index is 0.0175. The third kappa shape index (κ3) is 2.74. The average molecular weight is 392 g/mol. The first-order valence-corrected chi connectivity index (χ1v) is 12.4. The molecular weight excluding hydrogens is 370 g/mol. The third-order valence-electron chi connectivity index (χ3n) is 5.41. The second-order valence-corrected chi connectivity index (χ2v) is 12.2. The van der Waals surface area contributed by atoms with Gasteiger partial charge < -0.3 is 4.74 Å². The Balaban J connectivity index is 1.51. The summed E-state index contributed by atoms with van der Waals surface area (Å²) >= 11 is 1.69. The van der Waals surface area contributed by atoms with Crippen LogP contribution in [0.15, 0.2) is 11.4 Å². The number of piperidine rings is 1. The molecule has 1 aromatic heterocycles. The molecule has 1 unspecified atom stereocenters. The van der Waals surface area contributed by atoms with Crippen molar-refractivity contribution in [3.8, 4) is 0 Å². The van der Waals surface area contributed by atoms with Crippen molar-refractivity contribution in [2.24, 2.45) is 0 Å². The molecule has 2 fully saturated rings. The zero-order valence-electron chi connectivity index (χ0n) is 13.3. The molecule has 3 aliphatic rings. The quantitative estimate of drug-likeness (QED) is 0.755. The van der Waals surface area contributed by atoms with Crippen molar-refractivity contribution in [3.63, 3.8) is 0 Å². The largest absolute Gasteiger partial charge is 0.369 e. The van der Waals surface area contributed by atoms with Crippen molar-refractivity contribution in [2.45, 2.75) is 36.5 Å². The van der Waals surface area contributed by atoms with E-state index in [2.05, 4.69) is 11.4 Å². The highest BCUT2D eigenvalue weighted by Gasteiger charge is 2.47. The Kier molecular flexibility index (Phi) is 4.08. The minimum atomic E-state index is -3.55. The van der Waals surface area contributed by atoms with Crippen LogP contribution in [0.3, 0.4) is 0 Å². The molecule has 4 heterocycles. The van der Waals surface area contributed by atoms with Crippen LogP contribution >= 0.6 is 11.3 Å². The third-order valence-corrected chi connectivity index (χ3v) is 10.9. The van der Waals surface area contributed by atoms with Gasteiger partial charge in [0.1, 0.15) is 5.60 Å². The molecule has 0 N–H and O–H groups in total. The number of thiophene rings is 1. The van der Waals surface area contributed by atoms with Gasteiger partial charge in [-0.25, -0.2) is 21.1 Å². The Bertz CT molecular complexity index is 834. The summed E-state index contributed by atoms with van der Waals surface area (Å²) in [5, 5.41) is 1.30. The zero-order chi connectivity index (χ0) is 17.0. The molecule has 0 saturated carbocycles. The van der Waals surface area contributed by atoms with Crippen LogP contribution in [0.4, 0.5) is 0 Å². The van der Waals surface area contributed by atoms with Crippen molar-refractivity contribution in [1.29, 1.82) is 0 Å². The molecule has 3 aliphatic heterocycles. The van der Waals surface area contributed by atoms with Crippen LogP contribution in [-0.4, -0.2) is 57.6 Å². The average Bonchev–Trinajstić information content (AvgIpc) is 3.15. The summed E-state index contributed by atoms with van der Waals surface area (Å²) in [5.41, 5.74) is 0.972. The monoisotopic (exact) mass is 391 g/mol. The molecule has 6 nitrogen and oxygen atoms in total. The van der Waals surface area contributed by atoms with Crippen LogP contribution in [-0.2, 0) is 36.6 Å². The predicted octanol–water partition coefficient (Wildman–Crippen LogP) is 1.13. The van der Waals surface area contributed by atoms with E-state index in [0.717, 1.165) is 6.42 Å². The Morgan fingerprint density at radius 2 is 2.04 bits per heavy atom. The molecule has 0 aliphatic carbocycles. The second kappa shape index (κ2) is 5.77. The summed E-state index contributed by atoms with van der Waals surface area (Å²) in [4.78, 5) is 1.24. The van der Waals surface area contributed by atoms with Crippen LogP contribution in [0, 0.1) is 0 Å². The minimum Gasteiger partial charge on any atom is -0.369 e. The molecule has 0 aromatic carbocycles. The van der Waals surface area contributed by atoms with Crippen LogP contribution in [0.5, 0.6) is 0 Å². The summed E-state index contributed by atoms with van der Waals surface area (Å²) in [6, 6.07) is 2.14. The molecule has 1 aromatic rings. The van der Waals surface area contributed by atoms with Gasteiger partial charge in [-0.1, -0.05) is 0 Å². The van der Waals surface area contributed by atoms with Crippen LogP contribution < -0.4 is 0 Å². The van der Waals surface area contributed by atoms with Crippen LogP contribution in [0.1, 0.15) is 29.7 Å². The number of sulfone groups is 1. The lowest BCUT2D eigenvalue weighted by molar-refractivity contribution is -0.0862. The van der Waals surface area contributed by atoms with Gasteiger partial charge in [0.05, 0.1) is 23.4 Å². The first kappa shape index (κ1) is 17.0. The fourth-order valence-corrected chi connectivity index (χ4v) is 9.73. The maximum absolute atomic E-state index is 12.8. The Morgan fingerprint density at radius 3 is 2.71 bits per heavy atom. The summed E-state index contributed by atoms with van der Waals surface area (Å²) in [5.74, 6) is -0.251. The summed E-state index contributed by atoms with van der Waals surface area (Å²) < 4.78 is 56.4. The van der Waals surface area contributed by atoms with Gasteiger partial charge in [-0.15, -0.1) is 11.3 Å². The molecule has 0 bridgehead atoms. The van der Waals surface area contributed by atoms with E-state index < -0.39 is 25.1 Å².